The maximum atomic E-state index is 11.7. The Balaban J connectivity index is 2.35. The minimum atomic E-state index is -3.20. The van der Waals surface area contributed by atoms with Gasteiger partial charge in [-0.25, -0.2) is 12.7 Å². The molecule has 0 radical (unpaired) electrons. The maximum absolute atomic E-state index is 11.7. The number of hydrogen-bond donors (Lipinski definition) is 1. The Morgan fingerprint density at radius 2 is 2.00 bits per heavy atom. The van der Waals surface area contributed by atoms with Crippen molar-refractivity contribution in [2.45, 2.75) is 19.8 Å². The van der Waals surface area contributed by atoms with E-state index in [9.17, 15) is 13.2 Å². The first-order chi connectivity index (χ1) is 7.56. The summed E-state index contributed by atoms with van der Waals surface area (Å²) in [6.07, 6.45) is 1.85. The van der Waals surface area contributed by atoms with Gasteiger partial charge in [0, 0.05) is 19.6 Å². The first-order valence-electron chi connectivity index (χ1n) is 5.24. The SMILES string of the molecule is CC#CC(=O)NCCS(=O)(=O)N1CCCC1. The molecule has 1 saturated heterocycles. The minimum absolute atomic E-state index is 0.0515. The van der Waals surface area contributed by atoms with E-state index >= 15 is 0 Å². The Kier molecular flexibility index (Phi) is 4.77. The van der Waals surface area contributed by atoms with E-state index in [0.717, 1.165) is 12.8 Å². The predicted molar refractivity (Wildman–Crippen MR) is 61.1 cm³/mol. The largest absolute Gasteiger partial charge is 0.344 e. The van der Waals surface area contributed by atoms with Crippen LogP contribution in [0.3, 0.4) is 0 Å². The fourth-order valence-corrected chi connectivity index (χ4v) is 2.98. The number of nitrogens with one attached hydrogen (secondary N) is 1. The summed E-state index contributed by atoms with van der Waals surface area (Å²) in [5, 5.41) is 2.44. The van der Waals surface area contributed by atoms with Gasteiger partial charge >= 0.3 is 0 Å². The number of hydrogen-bond acceptors (Lipinski definition) is 3. The van der Waals surface area contributed by atoms with Gasteiger partial charge in [-0.1, -0.05) is 5.92 Å². The second kappa shape index (κ2) is 5.87. The van der Waals surface area contributed by atoms with Gasteiger partial charge in [-0.3, -0.25) is 4.79 Å². The van der Waals surface area contributed by atoms with Crippen molar-refractivity contribution in [2.24, 2.45) is 0 Å². The van der Waals surface area contributed by atoms with E-state index in [-0.39, 0.29) is 12.3 Å². The molecule has 5 nitrogen and oxygen atoms in total. The first kappa shape index (κ1) is 13.0. The van der Waals surface area contributed by atoms with E-state index in [4.69, 9.17) is 0 Å². The molecule has 1 rings (SSSR count). The third-order valence-electron chi connectivity index (χ3n) is 2.34. The summed E-state index contributed by atoms with van der Waals surface area (Å²) in [5.41, 5.74) is 0. The summed E-state index contributed by atoms with van der Waals surface area (Å²) in [4.78, 5) is 11.0. The van der Waals surface area contributed by atoms with Crippen molar-refractivity contribution in [2.75, 3.05) is 25.4 Å². The Bertz CT molecular complexity index is 400. The van der Waals surface area contributed by atoms with Crippen LogP contribution in [0.15, 0.2) is 0 Å². The molecule has 0 spiro atoms. The van der Waals surface area contributed by atoms with Crippen LogP contribution in [0.1, 0.15) is 19.8 Å². The van der Waals surface area contributed by atoms with E-state index in [1.807, 2.05) is 0 Å². The molecule has 0 atom stereocenters. The summed E-state index contributed by atoms with van der Waals surface area (Å²) < 4.78 is 24.9. The quantitative estimate of drug-likeness (QED) is 0.681. The van der Waals surface area contributed by atoms with Crippen molar-refractivity contribution in [3.8, 4) is 11.8 Å². The third kappa shape index (κ3) is 3.83. The Morgan fingerprint density at radius 1 is 1.38 bits per heavy atom. The molecule has 1 aliphatic heterocycles. The molecule has 1 N–H and O–H groups in total. The molecule has 0 saturated carbocycles. The zero-order chi connectivity index (χ0) is 12.0. The van der Waals surface area contributed by atoms with Gasteiger partial charge in [0.15, 0.2) is 0 Å². The standard InChI is InChI=1S/C10H16N2O3S/c1-2-5-10(13)11-6-9-16(14,15)12-7-3-4-8-12/h3-4,6-9H2,1H3,(H,11,13). The molecule has 0 aromatic carbocycles. The Hall–Kier alpha value is -1.06. The molecular formula is C10H16N2O3S. The van der Waals surface area contributed by atoms with Gasteiger partial charge in [0.05, 0.1) is 5.75 Å². The molecule has 1 heterocycles. The van der Waals surface area contributed by atoms with Crippen LogP contribution in [0.25, 0.3) is 0 Å². The van der Waals surface area contributed by atoms with E-state index in [2.05, 4.69) is 17.2 Å². The van der Waals surface area contributed by atoms with E-state index in [1.54, 1.807) is 6.92 Å². The van der Waals surface area contributed by atoms with Crippen LogP contribution < -0.4 is 5.32 Å². The van der Waals surface area contributed by atoms with Gasteiger partial charge in [-0.15, -0.1) is 0 Å². The van der Waals surface area contributed by atoms with Crippen molar-refractivity contribution >= 4 is 15.9 Å². The number of rotatable bonds is 4. The number of carbonyl (C=O) groups is 1. The first-order valence-corrected chi connectivity index (χ1v) is 6.85. The third-order valence-corrected chi connectivity index (χ3v) is 4.21. The van der Waals surface area contributed by atoms with Crippen molar-refractivity contribution in [1.29, 1.82) is 0 Å². The number of amides is 1. The van der Waals surface area contributed by atoms with Gasteiger partial charge in [0.25, 0.3) is 5.91 Å². The van der Waals surface area contributed by atoms with E-state index in [1.165, 1.54) is 4.31 Å². The average molecular weight is 244 g/mol. The molecule has 0 aromatic heterocycles. The fraction of sp³-hybridized carbons (Fsp3) is 0.700. The summed E-state index contributed by atoms with van der Waals surface area (Å²) in [6, 6.07) is 0. The van der Waals surface area contributed by atoms with Crippen molar-refractivity contribution < 1.29 is 13.2 Å². The zero-order valence-electron chi connectivity index (χ0n) is 9.32. The molecule has 0 aliphatic carbocycles. The molecule has 1 fully saturated rings. The number of nitrogens with zero attached hydrogens (tertiary/aromatic N) is 1. The monoisotopic (exact) mass is 244 g/mol. The van der Waals surface area contributed by atoms with Gasteiger partial charge in [-0.2, -0.15) is 0 Å². The predicted octanol–water partition coefficient (Wildman–Crippen LogP) is -0.448. The number of carbonyl (C=O) groups excluding carboxylic acids is 1. The van der Waals surface area contributed by atoms with Crippen molar-refractivity contribution in [3.63, 3.8) is 0 Å². The van der Waals surface area contributed by atoms with E-state index in [0.29, 0.717) is 13.1 Å². The van der Waals surface area contributed by atoms with Gasteiger partial charge < -0.3 is 5.32 Å². The Morgan fingerprint density at radius 3 is 2.56 bits per heavy atom. The summed E-state index contributed by atoms with van der Waals surface area (Å²) in [5.74, 6) is 4.26. The molecule has 0 unspecified atom stereocenters. The highest BCUT2D eigenvalue weighted by Gasteiger charge is 2.24. The fourth-order valence-electron chi connectivity index (χ4n) is 1.55. The maximum Gasteiger partial charge on any atom is 0.295 e. The lowest BCUT2D eigenvalue weighted by Gasteiger charge is -2.14. The van der Waals surface area contributed by atoms with Crippen LogP contribution in [-0.4, -0.2) is 44.0 Å². The normalized spacial score (nSPS) is 16.6. The molecule has 16 heavy (non-hydrogen) atoms. The molecule has 1 amide bonds. The minimum Gasteiger partial charge on any atom is -0.344 e. The molecule has 90 valence electrons. The molecule has 0 aromatic rings. The van der Waals surface area contributed by atoms with Crippen LogP contribution in [0, 0.1) is 11.8 Å². The topological polar surface area (TPSA) is 66.5 Å². The molecule has 1 aliphatic rings. The molecular weight excluding hydrogens is 228 g/mol. The summed E-state index contributed by atoms with van der Waals surface area (Å²) in [7, 11) is -3.20. The van der Waals surface area contributed by atoms with Crippen molar-refractivity contribution in [1.82, 2.24) is 9.62 Å². The van der Waals surface area contributed by atoms with Crippen LogP contribution in [0.2, 0.25) is 0 Å². The van der Waals surface area contributed by atoms with Crippen molar-refractivity contribution in [3.05, 3.63) is 0 Å². The highest BCUT2D eigenvalue weighted by molar-refractivity contribution is 7.89. The second-order valence-corrected chi connectivity index (χ2v) is 5.64. The Labute approximate surface area is 96.2 Å². The number of sulfonamides is 1. The lowest BCUT2D eigenvalue weighted by atomic mass is 10.4. The molecule has 0 bridgehead atoms. The lowest BCUT2D eigenvalue weighted by molar-refractivity contribution is -0.115. The summed E-state index contributed by atoms with van der Waals surface area (Å²) in [6.45, 7) is 2.88. The van der Waals surface area contributed by atoms with Gasteiger partial charge in [0.1, 0.15) is 0 Å². The highest BCUT2D eigenvalue weighted by atomic mass is 32.2. The van der Waals surface area contributed by atoms with Crippen LogP contribution in [-0.2, 0) is 14.8 Å². The zero-order valence-corrected chi connectivity index (χ0v) is 10.1. The molecule has 6 heteroatoms. The van der Waals surface area contributed by atoms with Crippen LogP contribution in [0.5, 0.6) is 0 Å². The second-order valence-electron chi connectivity index (χ2n) is 3.55. The highest BCUT2D eigenvalue weighted by Crippen LogP contribution is 2.12. The van der Waals surface area contributed by atoms with E-state index < -0.39 is 15.9 Å². The van der Waals surface area contributed by atoms with Crippen LogP contribution >= 0.6 is 0 Å². The van der Waals surface area contributed by atoms with Gasteiger partial charge in [-0.05, 0) is 25.7 Å². The lowest BCUT2D eigenvalue weighted by Crippen LogP contribution is -2.35. The smallest absolute Gasteiger partial charge is 0.295 e. The van der Waals surface area contributed by atoms with Gasteiger partial charge in [0.2, 0.25) is 10.0 Å². The summed E-state index contributed by atoms with van der Waals surface area (Å²) >= 11 is 0. The average Bonchev–Trinajstić information content (AvgIpc) is 2.71. The van der Waals surface area contributed by atoms with Crippen LogP contribution in [0.4, 0.5) is 0 Å².